The van der Waals surface area contributed by atoms with E-state index in [9.17, 15) is 8.42 Å². The third-order valence-corrected chi connectivity index (χ3v) is 2.65. The number of hydrogen-bond acceptors (Lipinski definition) is 6. The Bertz CT molecular complexity index is 441. The fourth-order valence-electron chi connectivity index (χ4n) is 1.17. The lowest BCUT2D eigenvalue weighted by atomic mass is 10.6. The number of rotatable bonds is 6. The van der Waals surface area contributed by atoms with Gasteiger partial charge >= 0.3 is 0 Å². The van der Waals surface area contributed by atoms with Crippen molar-refractivity contribution in [3.8, 4) is 0 Å². The molecular formula is C7H14N4O4S. The van der Waals surface area contributed by atoms with Gasteiger partial charge in [0.2, 0.25) is 0 Å². The SMILES string of the molecule is COCCn1c(COC)nnc1S(N)(=O)=O. The topological polar surface area (TPSA) is 109 Å². The maximum Gasteiger partial charge on any atom is 0.273 e. The van der Waals surface area contributed by atoms with Crippen LogP contribution in [0.4, 0.5) is 0 Å². The molecule has 0 unspecified atom stereocenters. The van der Waals surface area contributed by atoms with Gasteiger partial charge in [0.25, 0.3) is 15.2 Å². The molecule has 1 rings (SSSR count). The third kappa shape index (κ3) is 2.98. The van der Waals surface area contributed by atoms with Gasteiger partial charge in [-0.1, -0.05) is 0 Å². The summed E-state index contributed by atoms with van der Waals surface area (Å²) in [7, 11) is -0.894. The first-order valence-electron chi connectivity index (χ1n) is 4.43. The van der Waals surface area contributed by atoms with E-state index in [1.54, 1.807) is 0 Å². The molecular weight excluding hydrogens is 236 g/mol. The van der Waals surface area contributed by atoms with E-state index in [0.717, 1.165) is 0 Å². The van der Waals surface area contributed by atoms with Crippen molar-refractivity contribution in [1.29, 1.82) is 0 Å². The zero-order valence-corrected chi connectivity index (χ0v) is 9.90. The molecule has 0 saturated carbocycles. The molecule has 0 saturated heterocycles. The summed E-state index contributed by atoms with van der Waals surface area (Å²) in [6.07, 6.45) is 0. The highest BCUT2D eigenvalue weighted by atomic mass is 32.2. The van der Waals surface area contributed by atoms with E-state index in [1.807, 2.05) is 0 Å². The van der Waals surface area contributed by atoms with Crippen LogP contribution in [0, 0.1) is 0 Å². The monoisotopic (exact) mass is 250 g/mol. The molecule has 0 atom stereocenters. The minimum absolute atomic E-state index is 0.159. The first-order chi connectivity index (χ1) is 7.50. The largest absolute Gasteiger partial charge is 0.383 e. The van der Waals surface area contributed by atoms with Crippen LogP contribution in [0.1, 0.15) is 5.82 Å². The van der Waals surface area contributed by atoms with Crippen molar-refractivity contribution < 1.29 is 17.9 Å². The molecule has 1 heterocycles. The molecule has 0 radical (unpaired) electrons. The van der Waals surface area contributed by atoms with Gasteiger partial charge in [0.15, 0.2) is 5.82 Å². The second kappa shape index (κ2) is 5.34. The van der Waals surface area contributed by atoms with Gasteiger partial charge < -0.3 is 9.47 Å². The van der Waals surface area contributed by atoms with Gasteiger partial charge in [-0.2, -0.15) is 0 Å². The van der Waals surface area contributed by atoms with Crippen molar-refractivity contribution in [2.24, 2.45) is 5.14 Å². The van der Waals surface area contributed by atoms with E-state index in [4.69, 9.17) is 14.6 Å². The molecule has 0 fully saturated rings. The molecule has 9 heteroatoms. The standard InChI is InChI=1S/C7H14N4O4S/c1-14-4-3-11-6(5-15-2)9-10-7(11)16(8,12)13/h3-5H2,1-2H3,(H2,8,12,13). The van der Waals surface area contributed by atoms with Crippen molar-refractivity contribution in [3.63, 3.8) is 0 Å². The zero-order valence-electron chi connectivity index (χ0n) is 9.08. The second-order valence-corrected chi connectivity index (χ2v) is 4.48. The average molecular weight is 250 g/mol. The highest BCUT2D eigenvalue weighted by Gasteiger charge is 2.20. The van der Waals surface area contributed by atoms with E-state index in [0.29, 0.717) is 19.0 Å². The molecule has 0 bridgehead atoms. The molecule has 1 aromatic rings. The number of nitrogens with two attached hydrogens (primary N) is 1. The Balaban J connectivity index is 3.09. The lowest BCUT2D eigenvalue weighted by molar-refractivity contribution is 0.161. The van der Waals surface area contributed by atoms with Gasteiger partial charge in [-0.15, -0.1) is 10.2 Å². The minimum Gasteiger partial charge on any atom is -0.383 e. The Morgan fingerprint density at radius 1 is 1.31 bits per heavy atom. The minimum atomic E-state index is -3.88. The summed E-state index contributed by atoms with van der Waals surface area (Å²) in [5, 5.41) is 11.9. The Hall–Kier alpha value is -1.03. The Labute approximate surface area is 93.4 Å². The smallest absolute Gasteiger partial charge is 0.273 e. The summed E-state index contributed by atoms with van der Waals surface area (Å²) < 4.78 is 33.5. The molecule has 92 valence electrons. The average Bonchev–Trinajstić information content (AvgIpc) is 2.58. The summed E-state index contributed by atoms with van der Waals surface area (Å²) >= 11 is 0. The fourth-order valence-corrected chi connectivity index (χ4v) is 1.83. The van der Waals surface area contributed by atoms with Crippen molar-refractivity contribution in [2.45, 2.75) is 18.3 Å². The fraction of sp³-hybridized carbons (Fsp3) is 0.714. The van der Waals surface area contributed by atoms with Crippen LogP contribution in [-0.4, -0.2) is 44.0 Å². The molecule has 1 aromatic heterocycles. The van der Waals surface area contributed by atoms with Crippen LogP contribution in [0.25, 0.3) is 0 Å². The number of nitrogens with zero attached hydrogens (tertiary/aromatic N) is 3. The van der Waals surface area contributed by atoms with Gasteiger partial charge in [0.1, 0.15) is 6.61 Å². The molecule has 0 aromatic carbocycles. The second-order valence-electron chi connectivity index (χ2n) is 3.02. The van der Waals surface area contributed by atoms with Crippen molar-refractivity contribution in [1.82, 2.24) is 14.8 Å². The highest BCUT2D eigenvalue weighted by Crippen LogP contribution is 2.07. The van der Waals surface area contributed by atoms with Crippen LogP contribution in [0.2, 0.25) is 0 Å². The summed E-state index contributed by atoms with van der Waals surface area (Å²) in [5.41, 5.74) is 0. The maximum atomic E-state index is 11.2. The van der Waals surface area contributed by atoms with Crippen LogP contribution < -0.4 is 5.14 Å². The van der Waals surface area contributed by atoms with Crippen molar-refractivity contribution in [3.05, 3.63) is 5.82 Å². The normalized spacial score (nSPS) is 11.9. The van der Waals surface area contributed by atoms with E-state index in [-0.39, 0.29) is 11.8 Å². The van der Waals surface area contributed by atoms with E-state index >= 15 is 0 Å². The maximum absolute atomic E-state index is 11.2. The summed E-state index contributed by atoms with van der Waals surface area (Å²) in [4.78, 5) is 0. The predicted molar refractivity (Wildman–Crippen MR) is 54.0 cm³/mol. The number of primary sulfonamides is 1. The van der Waals surface area contributed by atoms with Crippen LogP contribution in [0.15, 0.2) is 5.16 Å². The first kappa shape index (κ1) is 13.0. The summed E-state index contributed by atoms with van der Waals surface area (Å²) in [6.45, 7) is 0.789. The van der Waals surface area contributed by atoms with Crippen LogP contribution in [0.3, 0.4) is 0 Å². The quantitative estimate of drug-likeness (QED) is 0.673. The molecule has 2 N–H and O–H groups in total. The molecule has 0 aliphatic rings. The molecule has 16 heavy (non-hydrogen) atoms. The van der Waals surface area contributed by atoms with Gasteiger partial charge in [-0.05, 0) is 0 Å². The van der Waals surface area contributed by atoms with E-state index < -0.39 is 10.0 Å². The van der Waals surface area contributed by atoms with Gasteiger partial charge in [0, 0.05) is 14.2 Å². The summed E-state index contributed by atoms with van der Waals surface area (Å²) in [5.74, 6) is 0.392. The van der Waals surface area contributed by atoms with Gasteiger partial charge in [-0.25, -0.2) is 13.6 Å². The van der Waals surface area contributed by atoms with Gasteiger partial charge in [-0.3, -0.25) is 4.57 Å². The van der Waals surface area contributed by atoms with E-state index in [1.165, 1.54) is 18.8 Å². The Morgan fingerprint density at radius 3 is 2.50 bits per heavy atom. The zero-order chi connectivity index (χ0) is 12.2. The first-order valence-corrected chi connectivity index (χ1v) is 5.98. The molecule has 0 amide bonds. The summed E-state index contributed by atoms with van der Waals surface area (Å²) in [6, 6.07) is 0. The number of ether oxygens (including phenoxy) is 2. The number of methoxy groups -OCH3 is 2. The molecule has 0 aliphatic heterocycles. The van der Waals surface area contributed by atoms with Crippen molar-refractivity contribution in [2.75, 3.05) is 20.8 Å². The highest BCUT2D eigenvalue weighted by molar-refractivity contribution is 7.89. The lowest BCUT2D eigenvalue weighted by Crippen LogP contribution is -2.21. The predicted octanol–water partition coefficient (Wildman–Crippen LogP) is -1.28. The Morgan fingerprint density at radius 2 is 2.00 bits per heavy atom. The Kier molecular flexibility index (Phi) is 4.35. The lowest BCUT2D eigenvalue weighted by Gasteiger charge is -2.07. The number of aromatic nitrogens is 3. The van der Waals surface area contributed by atoms with Crippen LogP contribution in [0.5, 0.6) is 0 Å². The number of sulfonamides is 1. The number of hydrogen-bond donors (Lipinski definition) is 1. The molecule has 0 spiro atoms. The molecule has 8 nitrogen and oxygen atoms in total. The molecule has 0 aliphatic carbocycles. The van der Waals surface area contributed by atoms with Crippen molar-refractivity contribution >= 4 is 10.0 Å². The third-order valence-electron chi connectivity index (χ3n) is 1.84. The van der Waals surface area contributed by atoms with Crippen LogP contribution in [-0.2, 0) is 32.6 Å². The van der Waals surface area contributed by atoms with Gasteiger partial charge in [0.05, 0.1) is 13.2 Å². The van der Waals surface area contributed by atoms with E-state index in [2.05, 4.69) is 10.2 Å². The van der Waals surface area contributed by atoms with Crippen LogP contribution >= 0.6 is 0 Å².